The fourth-order valence-electron chi connectivity index (χ4n) is 4.68. The summed E-state index contributed by atoms with van der Waals surface area (Å²) < 4.78 is 13.2. The van der Waals surface area contributed by atoms with Crippen molar-refractivity contribution >= 4 is 17.9 Å². The highest BCUT2D eigenvalue weighted by molar-refractivity contribution is 5.83. The third-order valence-electron chi connectivity index (χ3n) is 6.77. The highest BCUT2D eigenvalue weighted by atomic mass is 16.6. The third kappa shape index (κ3) is 7.57. The lowest BCUT2D eigenvalue weighted by Gasteiger charge is -2.37. The van der Waals surface area contributed by atoms with Gasteiger partial charge in [0.1, 0.15) is 12.2 Å². The maximum Gasteiger partial charge on any atom is 0.410 e. The van der Waals surface area contributed by atoms with Crippen LogP contribution in [0.5, 0.6) is 0 Å². The number of carbonyl (C=O) groups excluding carboxylic acids is 3. The van der Waals surface area contributed by atoms with Gasteiger partial charge in [-0.1, -0.05) is 6.07 Å². The van der Waals surface area contributed by atoms with E-state index in [2.05, 4.69) is 10.3 Å². The molecule has 2 aromatic heterocycles. The molecule has 2 aliphatic rings. The molecule has 0 spiro atoms. The predicted molar refractivity (Wildman–Crippen MR) is 146 cm³/mol. The molecule has 40 heavy (non-hydrogen) atoms. The zero-order valence-electron chi connectivity index (χ0n) is 23.7. The molecule has 1 saturated carbocycles. The molecule has 12 nitrogen and oxygen atoms in total. The number of aliphatic hydroxyl groups excluding tert-OH is 1. The number of rotatable bonds is 10. The molecule has 1 aliphatic heterocycles. The summed E-state index contributed by atoms with van der Waals surface area (Å²) in [6, 6.07) is 7.35. The summed E-state index contributed by atoms with van der Waals surface area (Å²) in [4.78, 5) is 45.8. The summed E-state index contributed by atoms with van der Waals surface area (Å²) in [5, 5.41) is 16.5. The molecule has 1 saturated heterocycles. The second kappa shape index (κ2) is 12.8. The minimum atomic E-state index is -0.781. The van der Waals surface area contributed by atoms with Gasteiger partial charge in [0.25, 0.3) is 5.91 Å². The summed E-state index contributed by atoms with van der Waals surface area (Å²) in [5.74, 6) is -0.586. The number of hydrogen-bond acceptors (Lipinski definition) is 8. The quantitative estimate of drug-likeness (QED) is 0.425. The van der Waals surface area contributed by atoms with E-state index in [1.807, 2.05) is 61.5 Å². The highest BCUT2D eigenvalue weighted by Gasteiger charge is 2.42. The van der Waals surface area contributed by atoms with Crippen molar-refractivity contribution in [3.05, 3.63) is 36.2 Å². The lowest BCUT2D eigenvalue weighted by molar-refractivity contribution is -0.152. The monoisotopic (exact) mass is 556 g/mol. The molecule has 3 heterocycles. The van der Waals surface area contributed by atoms with Gasteiger partial charge in [-0.15, -0.1) is 0 Å². The van der Waals surface area contributed by atoms with Gasteiger partial charge in [0, 0.05) is 31.9 Å². The van der Waals surface area contributed by atoms with Crippen LogP contribution in [0.4, 0.5) is 4.79 Å². The minimum absolute atomic E-state index is 0.0835. The van der Waals surface area contributed by atoms with E-state index in [0.29, 0.717) is 26.1 Å². The molecule has 0 radical (unpaired) electrons. The van der Waals surface area contributed by atoms with Crippen LogP contribution in [0.3, 0.4) is 0 Å². The van der Waals surface area contributed by atoms with Crippen LogP contribution in [-0.2, 0) is 25.6 Å². The highest BCUT2D eigenvalue weighted by Crippen LogP contribution is 2.36. The molecule has 2 N–H and O–H groups in total. The van der Waals surface area contributed by atoms with E-state index in [1.54, 1.807) is 6.20 Å². The van der Waals surface area contributed by atoms with Crippen molar-refractivity contribution in [3.8, 4) is 11.4 Å². The van der Waals surface area contributed by atoms with Gasteiger partial charge in [0.2, 0.25) is 5.91 Å². The topological polar surface area (TPSA) is 139 Å². The van der Waals surface area contributed by atoms with Gasteiger partial charge >= 0.3 is 6.09 Å². The second-order valence-electron chi connectivity index (χ2n) is 11.2. The molecule has 2 fully saturated rings. The van der Waals surface area contributed by atoms with Gasteiger partial charge in [-0.25, -0.2) is 4.79 Å². The number of aromatic nitrogens is 3. The average molecular weight is 557 g/mol. The van der Waals surface area contributed by atoms with E-state index < -0.39 is 30.3 Å². The van der Waals surface area contributed by atoms with E-state index >= 15 is 0 Å². The van der Waals surface area contributed by atoms with Crippen LogP contribution in [-0.4, -0.2) is 98.2 Å². The fourth-order valence-corrected chi connectivity index (χ4v) is 4.68. The Bertz CT molecular complexity index is 1180. The molecule has 0 aromatic carbocycles. The Morgan fingerprint density at radius 1 is 1.27 bits per heavy atom. The molecule has 4 rings (SSSR count). The predicted octanol–water partition coefficient (Wildman–Crippen LogP) is 2.13. The van der Waals surface area contributed by atoms with Gasteiger partial charge in [-0.2, -0.15) is 5.10 Å². The molecule has 2 aromatic rings. The van der Waals surface area contributed by atoms with Crippen LogP contribution >= 0.6 is 0 Å². The van der Waals surface area contributed by atoms with Gasteiger partial charge in [0.05, 0.1) is 36.3 Å². The van der Waals surface area contributed by atoms with Gasteiger partial charge < -0.3 is 29.7 Å². The minimum Gasteiger partial charge on any atom is -0.444 e. The first kappa shape index (κ1) is 29.5. The number of aryl methyl sites for hydroxylation is 1. The number of nitrogens with zero attached hydrogens (tertiary/aromatic N) is 5. The largest absolute Gasteiger partial charge is 0.444 e. The number of hydrogen-bond donors (Lipinski definition) is 2. The molecule has 218 valence electrons. The maximum absolute atomic E-state index is 13.8. The smallest absolute Gasteiger partial charge is 0.410 e. The van der Waals surface area contributed by atoms with E-state index in [0.717, 1.165) is 29.9 Å². The van der Waals surface area contributed by atoms with Crippen LogP contribution in [0.15, 0.2) is 30.5 Å². The molecule has 2 atom stereocenters. The lowest BCUT2D eigenvalue weighted by Crippen LogP contribution is -2.54. The summed E-state index contributed by atoms with van der Waals surface area (Å²) >= 11 is 0. The number of pyridine rings is 1. The maximum atomic E-state index is 13.8. The van der Waals surface area contributed by atoms with Crippen molar-refractivity contribution in [3.63, 3.8) is 0 Å². The summed E-state index contributed by atoms with van der Waals surface area (Å²) in [6.07, 6.45) is 2.88. The Balaban J connectivity index is 1.52. The zero-order chi connectivity index (χ0) is 28.9. The van der Waals surface area contributed by atoms with Crippen LogP contribution in [0.25, 0.3) is 11.4 Å². The summed E-state index contributed by atoms with van der Waals surface area (Å²) in [7, 11) is 0. The van der Waals surface area contributed by atoms with Crippen molar-refractivity contribution in [2.45, 2.75) is 77.3 Å². The number of carbonyl (C=O) groups is 3. The second-order valence-corrected chi connectivity index (χ2v) is 11.2. The summed E-state index contributed by atoms with van der Waals surface area (Å²) in [6.45, 7) is 8.52. The van der Waals surface area contributed by atoms with E-state index in [9.17, 15) is 14.4 Å². The SMILES string of the molecule is C[C@@H](c1cc(-c2ccccn2)n(CCCNC(=O)CO)n1)N(C(=O)[C@H]1CN(C(=O)OC(C)(C)C)CCO1)C1CC1. The van der Waals surface area contributed by atoms with Crippen molar-refractivity contribution in [1.29, 1.82) is 0 Å². The van der Waals surface area contributed by atoms with Crippen LogP contribution < -0.4 is 5.32 Å². The normalized spacial score (nSPS) is 18.2. The zero-order valence-corrected chi connectivity index (χ0v) is 23.7. The third-order valence-corrected chi connectivity index (χ3v) is 6.77. The van der Waals surface area contributed by atoms with Crippen LogP contribution in [0.2, 0.25) is 0 Å². The van der Waals surface area contributed by atoms with Gasteiger partial charge in [0.15, 0.2) is 6.10 Å². The molecular formula is C28H40N6O6. The molecule has 3 amide bonds. The Morgan fingerprint density at radius 3 is 2.70 bits per heavy atom. The standard InChI is InChI=1S/C28H40N6O6/c1-19(22-16-23(21-8-5-6-11-29-21)33(31-22)13-7-12-30-25(36)18-35)34(20-9-10-20)26(37)24-17-32(14-15-39-24)27(38)40-28(2,3)4/h5-6,8,11,16,19-20,24,35H,7,9-10,12-15,17-18H2,1-4H3,(H,30,36)/t19-,24+/m0/s1. The number of morpholine rings is 1. The number of ether oxygens (including phenoxy) is 2. The Hall–Kier alpha value is -3.51. The lowest BCUT2D eigenvalue weighted by atomic mass is 10.1. The van der Waals surface area contributed by atoms with Crippen molar-refractivity contribution in [2.24, 2.45) is 0 Å². The van der Waals surface area contributed by atoms with Crippen LogP contribution in [0, 0.1) is 0 Å². The molecule has 1 aliphatic carbocycles. The van der Waals surface area contributed by atoms with E-state index in [4.69, 9.17) is 19.7 Å². The Labute approximate surface area is 234 Å². The average Bonchev–Trinajstić information content (AvgIpc) is 3.68. The first-order chi connectivity index (χ1) is 19.1. The first-order valence-corrected chi connectivity index (χ1v) is 13.9. The summed E-state index contributed by atoms with van der Waals surface area (Å²) in [5.41, 5.74) is 1.66. The van der Waals surface area contributed by atoms with E-state index in [-0.39, 0.29) is 31.1 Å². The first-order valence-electron chi connectivity index (χ1n) is 13.9. The number of aliphatic hydroxyl groups is 1. The molecule has 0 bridgehead atoms. The van der Waals surface area contributed by atoms with Crippen LogP contribution in [0.1, 0.15) is 58.7 Å². The molecule has 0 unspecified atom stereocenters. The number of nitrogens with one attached hydrogen (secondary N) is 1. The van der Waals surface area contributed by atoms with Crippen molar-refractivity contribution in [1.82, 2.24) is 29.9 Å². The molecular weight excluding hydrogens is 516 g/mol. The number of amides is 3. The van der Waals surface area contributed by atoms with Gasteiger partial charge in [-0.05, 0) is 65.2 Å². The fraction of sp³-hybridized carbons (Fsp3) is 0.607. The Morgan fingerprint density at radius 2 is 2.05 bits per heavy atom. The van der Waals surface area contributed by atoms with E-state index in [1.165, 1.54) is 4.90 Å². The molecule has 12 heteroatoms. The Kier molecular flexibility index (Phi) is 9.41. The van der Waals surface area contributed by atoms with Crippen molar-refractivity contribution in [2.75, 3.05) is 32.8 Å². The van der Waals surface area contributed by atoms with Gasteiger partial charge in [-0.3, -0.25) is 19.3 Å². The van der Waals surface area contributed by atoms with Crippen molar-refractivity contribution < 1.29 is 29.0 Å².